The Hall–Kier alpha value is -1.70. The van der Waals surface area contributed by atoms with Crippen LogP contribution in [0.15, 0.2) is 12.1 Å². The molecule has 1 saturated heterocycles. The second-order valence-electron chi connectivity index (χ2n) is 4.22. The SMILES string of the molecule is O=C(O)c1cc(F)c(OC2CCS(=O)(=O)C2)c(F)c1. The van der Waals surface area contributed by atoms with Gasteiger partial charge in [-0.25, -0.2) is 22.0 Å². The molecule has 1 aromatic carbocycles. The zero-order valence-electron chi connectivity index (χ0n) is 9.60. The van der Waals surface area contributed by atoms with Crippen LogP contribution in [0.5, 0.6) is 5.75 Å². The fraction of sp³-hybridized carbons (Fsp3) is 0.364. The average Bonchev–Trinajstić information content (AvgIpc) is 2.63. The van der Waals surface area contributed by atoms with Crippen LogP contribution in [-0.2, 0) is 9.84 Å². The van der Waals surface area contributed by atoms with Gasteiger partial charge in [-0.1, -0.05) is 0 Å². The van der Waals surface area contributed by atoms with Crippen molar-refractivity contribution in [1.82, 2.24) is 0 Å². The number of hydrogen-bond acceptors (Lipinski definition) is 4. The number of sulfone groups is 1. The van der Waals surface area contributed by atoms with E-state index in [9.17, 15) is 22.0 Å². The van der Waals surface area contributed by atoms with Crippen molar-refractivity contribution in [1.29, 1.82) is 0 Å². The molecular weight excluding hydrogens is 282 g/mol. The first kappa shape index (κ1) is 13.7. The summed E-state index contributed by atoms with van der Waals surface area (Å²) in [6.45, 7) is 0. The number of aromatic carboxylic acids is 1. The number of ether oxygens (including phenoxy) is 1. The van der Waals surface area contributed by atoms with Gasteiger partial charge in [0, 0.05) is 0 Å². The van der Waals surface area contributed by atoms with Crippen LogP contribution in [0.1, 0.15) is 16.8 Å². The molecule has 0 bridgehead atoms. The van der Waals surface area contributed by atoms with Crippen molar-refractivity contribution >= 4 is 15.8 Å². The highest BCUT2D eigenvalue weighted by atomic mass is 32.2. The molecule has 0 saturated carbocycles. The first-order valence-electron chi connectivity index (χ1n) is 5.38. The number of hydrogen-bond donors (Lipinski definition) is 1. The van der Waals surface area contributed by atoms with Gasteiger partial charge in [-0.3, -0.25) is 0 Å². The first-order chi connectivity index (χ1) is 8.78. The molecule has 1 aliphatic rings. The second-order valence-corrected chi connectivity index (χ2v) is 6.45. The molecule has 1 aliphatic heterocycles. The quantitative estimate of drug-likeness (QED) is 0.906. The van der Waals surface area contributed by atoms with Crippen LogP contribution in [0.3, 0.4) is 0 Å². The van der Waals surface area contributed by atoms with Crippen molar-refractivity contribution in [2.24, 2.45) is 0 Å². The Kier molecular flexibility index (Phi) is 3.44. The maximum absolute atomic E-state index is 13.5. The molecule has 1 aromatic rings. The molecule has 0 radical (unpaired) electrons. The maximum atomic E-state index is 13.5. The van der Waals surface area contributed by atoms with Gasteiger partial charge in [0.2, 0.25) is 0 Å². The molecule has 1 N–H and O–H groups in total. The number of carboxylic acids is 1. The molecule has 19 heavy (non-hydrogen) atoms. The summed E-state index contributed by atoms with van der Waals surface area (Å²) in [7, 11) is -3.23. The van der Waals surface area contributed by atoms with Gasteiger partial charge in [-0.05, 0) is 18.6 Å². The molecule has 5 nitrogen and oxygen atoms in total. The molecular formula is C11H10F2O5S. The van der Waals surface area contributed by atoms with Gasteiger partial charge in [0.15, 0.2) is 27.2 Å². The van der Waals surface area contributed by atoms with E-state index in [4.69, 9.17) is 9.84 Å². The van der Waals surface area contributed by atoms with Crippen LogP contribution in [0.25, 0.3) is 0 Å². The molecule has 0 aromatic heterocycles. The Labute approximate surface area is 107 Å². The Bertz CT molecular complexity index is 603. The minimum absolute atomic E-state index is 0.0892. The molecule has 2 rings (SSSR count). The van der Waals surface area contributed by atoms with Gasteiger partial charge in [-0.2, -0.15) is 0 Å². The summed E-state index contributed by atoms with van der Waals surface area (Å²) in [5.74, 6) is -4.93. The molecule has 1 atom stereocenters. The van der Waals surface area contributed by atoms with Crippen molar-refractivity contribution in [3.63, 3.8) is 0 Å². The lowest BCUT2D eigenvalue weighted by Crippen LogP contribution is -2.19. The summed E-state index contributed by atoms with van der Waals surface area (Å²) >= 11 is 0. The van der Waals surface area contributed by atoms with Crippen molar-refractivity contribution in [2.75, 3.05) is 11.5 Å². The summed E-state index contributed by atoms with van der Waals surface area (Å²) in [5, 5.41) is 8.62. The van der Waals surface area contributed by atoms with E-state index in [2.05, 4.69) is 0 Å². The Morgan fingerprint density at radius 1 is 1.32 bits per heavy atom. The monoisotopic (exact) mass is 292 g/mol. The highest BCUT2D eigenvalue weighted by molar-refractivity contribution is 7.91. The molecule has 1 heterocycles. The highest BCUT2D eigenvalue weighted by Crippen LogP contribution is 2.27. The maximum Gasteiger partial charge on any atom is 0.335 e. The topological polar surface area (TPSA) is 80.7 Å². The van der Waals surface area contributed by atoms with Crippen LogP contribution in [-0.4, -0.2) is 37.1 Å². The fourth-order valence-electron chi connectivity index (χ4n) is 1.82. The Morgan fingerprint density at radius 3 is 2.32 bits per heavy atom. The number of carboxylic acid groups (broad SMARTS) is 1. The number of carbonyl (C=O) groups is 1. The smallest absolute Gasteiger partial charge is 0.335 e. The summed E-state index contributed by atoms with van der Waals surface area (Å²) in [6.07, 6.45) is -0.660. The van der Waals surface area contributed by atoms with Crippen molar-refractivity contribution < 1.29 is 31.8 Å². The van der Waals surface area contributed by atoms with Gasteiger partial charge >= 0.3 is 5.97 Å². The lowest BCUT2D eigenvalue weighted by atomic mass is 10.2. The second kappa shape index (κ2) is 4.76. The van der Waals surface area contributed by atoms with Crippen LogP contribution in [0, 0.1) is 11.6 Å². The van der Waals surface area contributed by atoms with E-state index in [1.54, 1.807) is 0 Å². The minimum Gasteiger partial charge on any atom is -0.483 e. The number of rotatable bonds is 3. The van der Waals surface area contributed by atoms with Crippen molar-refractivity contribution in [2.45, 2.75) is 12.5 Å². The largest absolute Gasteiger partial charge is 0.483 e. The van der Waals surface area contributed by atoms with Crippen molar-refractivity contribution in [3.05, 3.63) is 29.3 Å². The lowest BCUT2D eigenvalue weighted by Gasteiger charge is -2.13. The summed E-state index contributed by atoms with van der Waals surface area (Å²) < 4.78 is 54.5. The van der Waals surface area contributed by atoms with Gasteiger partial charge in [0.1, 0.15) is 6.10 Å². The first-order valence-corrected chi connectivity index (χ1v) is 7.20. The third-order valence-electron chi connectivity index (χ3n) is 2.72. The zero-order chi connectivity index (χ0) is 14.2. The fourth-order valence-corrected chi connectivity index (χ4v) is 3.41. The van der Waals surface area contributed by atoms with Gasteiger partial charge < -0.3 is 9.84 Å². The molecule has 104 valence electrons. The van der Waals surface area contributed by atoms with E-state index in [0.717, 1.165) is 0 Å². The highest BCUT2D eigenvalue weighted by Gasteiger charge is 2.31. The van der Waals surface area contributed by atoms with E-state index >= 15 is 0 Å². The zero-order valence-corrected chi connectivity index (χ0v) is 10.4. The van der Waals surface area contributed by atoms with Crippen LogP contribution in [0.2, 0.25) is 0 Å². The van der Waals surface area contributed by atoms with E-state index in [-0.39, 0.29) is 17.9 Å². The van der Waals surface area contributed by atoms with E-state index in [1.165, 1.54) is 0 Å². The minimum atomic E-state index is -3.23. The average molecular weight is 292 g/mol. The standard InChI is InChI=1S/C11H10F2O5S/c12-8-3-6(11(14)15)4-9(13)10(8)18-7-1-2-19(16,17)5-7/h3-4,7H,1-2,5H2,(H,14,15). The Balaban J connectivity index is 2.24. The third-order valence-corrected chi connectivity index (χ3v) is 4.46. The van der Waals surface area contributed by atoms with E-state index in [1.807, 2.05) is 0 Å². The number of halogens is 2. The predicted molar refractivity (Wildman–Crippen MR) is 61.0 cm³/mol. The predicted octanol–water partition coefficient (Wildman–Crippen LogP) is 1.23. The number of benzene rings is 1. The van der Waals surface area contributed by atoms with Crippen molar-refractivity contribution in [3.8, 4) is 5.75 Å². The normalized spacial score (nSPS) is 21.3. The van der Waals surface area contributed by atoms with E-state index < -0.39 is 44.9 Å². The molecule has 0 aliphatic carbocycles. The molecule has 1 fully saturated rings. The van der Waals surface area contributed by atoms with Crippen LogP contribution in [0.4, 0.5) is 8.78 Å². The third kappa shape index (κ3) is 3.01. The molecule has 0 amide bonds. The Morgan fingerprint density at radius 2 is 1.89 bits per heavy atom. The van der Waals surface area contributed by atoms with Gasteiger partial charge in [-0.15, -0.1) is 0 Å². The summed E-state index contributed by atoms with van der Waals surface area (Å²) in [5.41, 5.74) is -0.540. The summed E-state index contributed by atoms with van der Waals surface area (Å²) in [6, 6.07) is 1.26. The molecule has 0 spiro atoms. The molecule has 1 unspecified atom stereocenters. The summed E-state index contributed by atoms with van der Waals surface area (Å²) in [4.78, 5) is 10.6. The van der Waals surface area contributed by atoms with Crippen LogP contribution < -0.4 is 4.74 Å². The lowest BCUT2D eigenvalue weighted by molar-refractivity contribution is 0.0695. The van der Waals surface area contributed by atoms with E-state index in [0.29, 0.717) is 12.1 Å². The van der Waals surface area contributed by atoms with Gasteiger partial charge in [0.25, 0.3) is 0 Å². The molecule has 8 heteroatoms. The van der Waals surface area contributed by atoms with Gasteiger partial charge in [0.05, 0.1) is 17.1 Å². The van der Waals surface area contributed by atoms with Crippen LogP contribution >= 0.6 is 0 Å².